The molecule has 3 heteroatoms. The molecule has 0 spiro atoms. The van der Waals surface area contributed by atoms with Crippen LogP contribution < -0.4 is 5.73 Å². The molecule has 2 nitrogen and oxygen atoms in total. The maximum Gasteiger partial charge on any atom is 0.0338 e. The zero-order valence-corrected chi connectivity index (χ0v) is 13.1. The molecule has 0 bridgehead atoms. The van der Waals surface area contributed by atoms with Crippen molar-refractivity contribution in [1.29, 1.82) is 0 Å². The Balaban J connectivity index is 1.96. The van der Waals surface area contributed by atoms with Gasteiger partial charge in [-0.15, -0.1) is 0 Å². The van der Waals surface area contributed by atoms with Crippen molar-refractivity contribution < 1.29 is 0 Å². The van der Waals surface area contributed by atoms with Gasteiger partial charge in [0.2, 0.25) is 0 Å². The molecule has 2 N–H and O–H groups in total. The lowest BCUT2D eigenvalue weighted by atomic mass is 9.97. The predicted octanol–water partition coefficient (Wildman–Crippen LogP) is 2.73. The number of hydrogen-bond acceptors (Lipinski definition) is 3. The lowest BCUT2D eigenvalue weighted by Crippen LogP contribution is -2.51. The van der Waals surface area contributed by atoms with E-state index in [1.54, 1.807) is 0 Å². The van der Waals surface area contributed by atoms with Crippen LogP contribution in [0, 0.1) is 0 Å². The molecule has 19 heavy (non-hydrogen) atoms. The van der Waals surface area contributed by atoms with Crippen molar-refractivity contribution in [3.63, 3.8) is 0 Å². The van der Waals surface area contributed by atoms with Crippen LogP contribution in [-0.2, 0) is 6.42 Å². The molecule has 0 aliphatic carbocycles. The molecule has 1 saturated heterocycles. The van der Waals surface area contributed by atoms with Gasteiger partial charge in [-0.25, -0.2) is 0 Å². The van der Waals surface area contributed by atoms with Crippen LogP contribution >= 0.6 is 11.8 Å². The van der Waals surface area contributed by atoms with Crippen LogP contribution in [0.2, 0.25) is 0 Å². The third kappa shape index (κ3) is 3.98. The van der Waals surface area contributed by atoms with Gasteiger partial charge in [0.15, 0.2) is 0 Å². The molecule has 0 saturated carbocycles. The third-order valence-corrected chi connectivity index (χ3v) is 5.10. The number of nitrogens with two attached hydrogens (primary N) is 1. The Morgan fingerprint density at radius 1 is 1.32 bits per heavy atom. The van der Waals surface area contributed by atoms with Gasteiger partial charge in [-0.05, 0) is 30.5 Å². The highest BCUT2D eigenvalue weighted by Gasteiger charge is 2.25. The summed E-state index contributed by atoms with van der Waals surface area (Å²) in [6, 6.07) is 9.72. The van der Waals surface area contributed by atoms with Crippen molar-refractivity contribution in [2.24, 2.45) is 5.73 Å². The minimum Gasteiger partial charge on any atom is -0.326 e. The standard InChI is InChI=1S/C16H26N2S/c1-12(2)14-6-4-13(5-7-14)10-15(17)16-11-19-9-8-18(16)3/h4-7,12,15-16H,8-11,17H2,1-3H3. The lowest BCUT2D eigenvalue weighted by molar-refractivity contribution is 0.235. The molecular weight excluding hydrogens is 252 g/mol. The lowest BCUT2D eigenvalue weighted by Gasteiger charge is -2.36. The maximum absolute atomic E-state index is 6.41. The summed E-state index contributed by atoms with van der Waals surface area (Å²) in [4.78, 5) is 2.42. The maximum atomic E-state index is 6.41. The average Bonchev–Trinajstić information content (AvgIpc) is 2.39. The van der Waals surface area contributed by atoms with Gasteiger partial charge >= 0.3 is 0 Å². The van der Waals surface area contributed by atoms with Crippen molar-refractivity contribution in [3.05, 3.63) is 35.4 Å². The van der Waals surface area contributed by atoms with Crippen LogP contribution in [0.5, 0.6) is 0 Å². The molecular formula is C16H26N2S. The van der Waals surface area contributed by atoms with Crippen LogP contribution in [0.4, 0.5) is 0 Å². The zero-order valence-electron chi connectivity index (χ0n) is 12.3. The van der Waals surface area contributed by atoms with Crippen LogP contribution in [0.1, 0.15) is 30.9 Å². The fourth-order valence-electron chi connectivity index (χ4n) is 2.60. The Labute approximate surface area is 121 Å². The molecule has 1 aromatic rings. The summed E-state index contributed by atoms with van der Waals surface area (Å²) in [6.07, 6.45) is 0.980. The van der Waals surface area contributed by atoms with Gasteiger partial charge in [0.1, 0.15) is 0 Å². The van der Waals surface area contributed by atoms with Gasteiger partial charge in [-0.2, -0.15) is 11.8 Å². The van der Waals surface area contributed by atoms with E-state index < -0.39 is 0 Å². The van der Waals surface area contributed by atoms with Crippen LogP contribution in [0.15, 0.2) is 24.3 Å². The second-order valence-corrected chi connectivity index (χ2v) is 7.04. The van der Waals surface area contributed by atoms with Gasteiger partial charge in [0.25, 0.3) is 0 Å². The fraction of sp³-hybridized carbons (Fsp3) is 0.625. The smallest absolute Gasteiger partial charge is 0.0338 e. The molecule has 1 aromatic carbocycles. The van der Waals surface area contributed by atoms with Gasteiger partial charge in [0, 0.05) is 30.1 Å². The first-order chi connectivity index (χ1) is 9.08. The highest BCUT2D eigenvalue weighted by Crippen LogP contribution is 2.20. The molecule has 1 heterocycles. The summed E-state index contributed by atoms with van der Waals surface area (Å²) in [6.45, 7) is 5.62. The first kappa shape index (κ1) is 14.9. The molecule has 2 atom stereocenters. The Morgan fingerprint density at radius 3 is 2.58 bits per heavy atom. The van der Waals surface area contributed by atoms with E-state index in [0.29, 0.717) is 12.0 Å². The molecule has 106 valence electrons. The number of benzene rings is 1. The molecule has 0 aromatic heterocycles. The SMILES string of the molecule is CC(C)c1ccc(CC(N)C2CSCCN2C)cc1. The first-order valence-electron chi connectivity index (χ1n) is 7.20. The molecule has 1 fully saturated rings. The van der Waals surface area contributed by atoms with E-state index in [2.05, 4.69) is 50.1 Å². The number of likely N-dealkylation sites (N-methyl/N-ethyl adjacent to an activating group) is 1. The second-order valence-electron chi connectivity index (χ2n) is 5.89. The topological polar surface area (TPSA) is 29.3 Å². The van der Waals surface area contributed by atoms with Gasteiger partial charge in [-0.3, -0.25) is 0 Å². The van der Waals surface area contributed by atoms with Gasteiger partial charge in [-0.1, -0.05) is 38.1 Å². The largest absolute Gasteiger partial charge is 0.326 e. The zero-order chi connectivity index (χ0) is 13.8. The Morgan fingerprint density at radius 2 is 2.00 bits per heavy atom. The third-order valence-electron chi connectivity index (χ3n) is 4.06. The molecule has 0 amide bonds. The van der Waals surface area contributed by atoms with Crippen molar-refractivity contribution in [3.8, 4) is 0 Å². The summed E-state index contributed by atoms with van der Waals surface area (Å²) >= 11 is 2.03. The molecule has 0 radical (unpaired) electrons. The average molecular weight is 278 g/mol. The Kier molecular flexibility index (Phi) is 5.31. The minimum atomic E-state index is 0.239. The number of hydrogen-bond donors (Lipinski definition) is 1. The fourth-order valence-corrected chi connectivity index (χ4v) is 3.93. The van der Waals surface area contributed by atoms with Crippen molar-refractivity contribution in [1.82, 2.24) is 4.90 Å². The summed E-state index contributed by atoms with van der Waals surface area (Å²) in [5.41, 5.74) is 9.18. The van der Waals surface area contributed by atoms with Crippen molar-refractivity contribution in [2.45, 2.75) is 38.3 Å². The van der Waals surface area contributed by atoms with E-state index in [-0.39, 0.29) is 6.04 Å². The number of nitrogens with zero attached hydrogens (tertiary/aromatic N) is 1. The van der Waals surface area contributed by atoms with Gasteiger partial charge in [0.05, 0.1) is 0 Å². The molecule has 2 rings (SSSR count). The Hall–Kier alpha value is -0.510. The summed E-state index contributed by atoms with van der Waals surface area (Å²) in [7, 11) is 2.20. The number of thioether (sulfide) groups is 1. The van der Waals surface area contributed by atoms with E-state index in [9.17, 15) is 0 Å². The molecule has 1 aliphatic rings. The van der Waals surface area contributed by atoms with E-state index >= 15 is 0 Å². The Bertz CT molecular complexity index is 388. The second kappa shape index (κ2) is 6.78. The van der Waals surface area contributed by atoms with Crippen LogP contribution in [-0.4, -0.2) is 42.1 Å². The normalized spacial score (nSPS) is 22.7. The van der Waals surface area contributed by atoms with Crippen LogP contribution in [0.3, 0.4) is 0 Å². The summed E-state index contributed by atoms with van der Waals surface area (Å²) < 4.78 is 0. The molecule has 2 unspecified atom stereocenters. The first-order valence-corrected chi connectivity index (χ1v) is 8.36. The van der Waals surface area contributed by atoms with E-state index in [1.807, 2.05) is 11.8 Å². The predicted molar refractivity (Wildman–Crippen MR) is 86.0 cm³/mol. The summed E-state index contributed by atoms with van der Waals surface area (Å²) in [5.74, 6) is 3.01. The van der Waals surface area contributed by atoms with Crippen LogP contribution in [0.25, 0.3) is 0 Å². The monoisotopic (exact) mass is 278 g/mol. The van der Waals surface area contributed by atoms with Gasteiger partial charge < -0.3 is 10.6 Å². The number of rotatable bonds is 4. The van der Waals surface area contributed by atoms with Crippen molar-refractivity contribution >= 4 is 11.8 Å². The highest BCUT2D eigenvalue weighted by atomic mass is 32.2. The van der Waals surface area contributed by atoms with Crippen molar-refractivity contribution in [2.75, 3.05) is 25.1 Å². The van der Waals surface area contributed by atoms with E-state index in [4.69, 9.17) is 5.73 Å². The highest BCUT2D eigenvalue weighted by molar-refractivity contribution is 7.99. The van der Waals surface area contributed by atoms with E-state index in [0.717, 1.165) is 13.0 Å². The minimum absolute atomic E-state index is 0.239. The quantitative estimate of drug-likeness (QED) is 0.918. The van der Waals surface area contributed by atoms with E-state index in [1.165, 1.54) is 22.6 Å². The summed E-state index contributed by atoms with van der Waals surface area (Å²) in [5, 5.41) is 0. The molecule has 1 aliphatic heterocycles.